The summed E-state index contributed by atoms with van der Waals surface area (Å²) < 4.78 is 39.1. The van der Waals surface area contributed by atoms with E-state index < -0.39 is 24.1 Å². The fourth-order valence-electron chi connectivity index (χ4n) is 7.86. The highest BCUT2D eigenvalue weighted by Gasteiger charge is 2.55. The van der Waals surface area contributed by atoms with Crippen molar-refractivity contribution in [1.82, 2.24) is 4.90 Å². The van der Waals surface area contributed by atoms with Gasteiger partial charge in [-0.1, -0.05) is 6.08 Å². The summed E-state index contributed by atoms with van der Waals surface area (Å²) in [5.41, 5.74) is 3.72. The second-order valence-electron chi connectivity index (χ2n) is 11.8. The van der Waals surface area contributed by atoms with Gasteiger partial charge in [-0.25, -0.2) is 4.79 Å². The first-order valence-electron chi connectivity index (χ1n) is 15.0. The average Bonchev–Trinajstić information content (AvgIpc) is 3.43. The Balaban J connectivity index is 1.27. The highest BCUT2D eigenvalue weighted by atomic mass is 16.6. The molecule has 44 heavy (non-hydrogen) atoms. The molecule has 5 aliphatic rings. The molecule has 0 N–H and O–H groups in total. The van der Waals surface area contributed by atoms with Gasteiger partial charge in [-0.3, -0.25) is 14.7 Å². The number of carbonyl (C=O) groups excluding carboxylic acids is 2. The molecule has 0 aromatic heterocycles. The fourth-order valence-corrected chi connectivity index (χ4v) is 7.86. The number of hydrogen-bond donors (Lipinski definition) is 0. The number of hydrogen-bond acceptors (Lipinski definition) is 11. The third-order valence-corrected chi connectivity index (χ3v) is 9.87. The molecule has 1 saturated heterocycles. The van der Waals surface area contributed by atoms with Gasteiger partial charge < -0.3 is 33.2 Å². The molecule has 3 heterocycles. The molecule has 0 bridgehead atoms. The molecule has 1 unspecified atom stereocenters. The molecule has 0 radical (unpaired) electrons. The van der Waals surface area contributed by atoms with Crippen LogP contribution in [0.5, 0.6) is 17.2 Å². The zero-order valence-electron chi connectivity index (χ0n) is 26.0. The van der Waals surface area contributed by atoms with Gasteiger partial charge in [0.25, 0.3) is 0 Å². The SMILES string of the molecule is COC(=O)[C@H]1[C@H]2C[C@@H]3C4=C(CCN3C[C@H]2C[C@@H](OC(=O)c2cc(OC)c(OC)c(OC)c2)[C@@H]1OC)C1C=CC(OC)=CC1=N4. The lowest BCUT2D eigenvalue weighted by atomic mass is 9.63. The number of allylic oxidation sites excluding steroid dienone is 3. The first kappa shape index (κ1) is 30.2. The minimum atomic E-state index is -0.675. The van der Waals surface area contributed by atoms with Crippen LogP contribution in [-0.4, -0.2) is 96.5 Å². The second-order valence-corrected chi connectivity index (χ2v) is 11.8. The summed E-state index contributed by atoms with van der Waals surface area (Å²) in [5.74, 6) is 0.572. The number of rotatable bonds is 8. The minimum Gasteiger partial charge on any atom is -0.497 e. The summed E-state index contributed by atoms with van der Waals surface area (Å²) in [6.45, 7) is 1.67. The summed E-state index contributed by atoms with van der Waals surface area (Å²) in [4.78, 5) is 34.5. The van der Waals surface area contributed by atoms with E-state index in [1.807, 2.05) is 12.2 Å². The highest BCUT2D eigenvalue weighted by Crippen LogP contribution is 2.50. The van der Waals surface area contributed by atoms with Crippen LogP contribution in [0.1, 0.15) is 29.6 Å². The molecule has 7 atom stereocenters. The lowest BCUT2D eigenvalue weighted by Gasteiger charge is -2.53. The van der Waals surface area contributed by atoms with E-state index in [0.29, 0.717) is 23.7 Å². The number of piperidine rings is 1. The van der Waals surface area contributed by atoms with Crippen molar-refractivity contribution in [1.29, 1.82) is 0 Å². The lowest BCUT2D eigenvalue weighted by Crippen LogP contribution is -2.60. The first-order chi connectivity index (χ1) is 21.3. The van der Waals surface area contributed by atoms with E-state index in [2.05, 4.69) is 11.0 Å². The van der Waals surface area contributed by atoms with E-state index in [-0.39, 0.29) is 35.3 Å². The molecular weight excluding hydrogens is 568 g/mol. The van der Waals surface area contributed by atoms with Crippen LogP contribution < -0.4 is 14.2 Å². The Morgan fingerprint density at radius 2 is 1.70 bits per heavy atom. The Morgan fingerprint density at radius 1 is 0.955 bits per heavy atom. The lowest BCUT2D eigenvalue weighted by molar-refractivity contribution is -0.175. The maximum absolute atomic E-state index is 13.5. The van der Waals surface area contributed by atoms with E-state index in [4.69, 9.17) is 38.2 Å². The molecule has 236 valence electrons. The van der Waals surface area contributed by atoms with Crippen molar-refractivity contribution in [2.45, 2.75) is 37.5 Å². The third kappa shape index (κ3) is 5.05. The van der Waals surface area contributed by atoms with Crippen LogP contribution >= 0.6 is 0 Å². The molecular formula is C33H40N2O9. The van der Waals surface area contributed by atoms with Gasteiger partial charge in [0.1, 0.15) is 18.0 Å². The Hall–Kier alpha value is -3.83. The van der Waals surface area contributed by atoms with Crippen LogP contribution in [-0.2, 0) is 23.7 Å². The van der Waals surface area contributed by atoms with E-state index in [0.717, 1.165) is 43.1 Å². The average molecular weight is 609 g/mol. The number of esters is 2. The van der Waals surface area contributed by atoms with E-state index in [1.54, 1.807) is 26.4 Å². The molecule has 2 fully saturated rings. The van der Waals surface area contributed by atoms with Crippen molar-refractivity contribution < 1.29 is 42.7 Å². The predicted octanol–water partition coefficient (Wildman–Crippen LogP) is 3.58. The number of carbonyl (C=O) groups is 2. The Labute approximate surface area is 257 Å². The largest absolute Gasteiger partial charge is 0.497 e. The van der Waals surface area contributed by atoms with Crippen molar-refractivity contribution >= 4 is 17.7 Å². The van der Waals surface area contributed by atoms with E-state index in [1.165, 1.54) is 34.0 Å². The first-order valence-corrected chi connectivity index (χ1v) is 15.0. The number of methoxy groups -OCH3 is 6. The van der Waals surface area contributed by atoms with Gasteiger partial charge in [-0.05, 0) is 54.9 Å². The van der Waals surface area contributed by atoms with Crippen molar-refractivity contribution in [3.8, 4) is 17.2 Å². The maximum atomic E-state index is 13.5. The summed E-state index contributed by atoms with van der Waals surface area (Å²) in [7, 11) is 9.09. The minimum absolute atomic E-state index is 0.0277. The van der Waals surface area contributed by atoms with Gasteiger partial charge in [-0.2, -0.15) is 0 Å². The van der Waals surface area contributed by atoms with Crippen LogP contribution in [0, 0.1) is 23.7 Å². The van der Waals surface area contributed by atoms with Crippen LogP contribution in [0.15, 0.2) is 52.4 Å². The number of ether oxygens (including phenoxy) is 7. The van der Waals surface area contributed by atoms with Crippen molar-refractivity contribution in [2.75, 3.05) is 55.7 Å². The molecule has 11 nitrogen and oxygen atoms in total. The fraction of sp³-hybridized carbons (Fsp3) is 0.545. The summed E-state index contributed by atoms with van der Waals surface area (Å²) in [6.07, 6.45) is 7.10. The van der Waals surface area contributed by atoms with Crippen molar-refractivity contribution in [3.05, 3.63) is 53.0 Å². The van der Waals surface area contributed by atoms with Gasteiger partial charge in [0, 0.05) is 32.2 Å². The topological polar surface area (TPSA) is 114 Å². The number of fused-ring (bicyclic) bond motifs is 5. The van der Waals surface area contributed by atoms with Gasteiger partial charge in [0.15, 0.2) is 11.5 Å². The molecule has 1 saturated carbocycles. The monoisotopic (exact) mass is 608 g/mol. The molecule has 0 spiro atoms. The summed E-state index contributed by atoms with van der Waals surface area (Å²) in [5, 5.41) is 0. The predicted molar refractivity (Wildman–Crippen MR) is 160 cm³/mol. The van der Waals surface area contributed by atoms with Gasteiger partial charge in [0.05, 0.1) is 64.5 Å². The smallest absolute Gasteiger partial charge is 0.338 e. The van der Waals surface area contributed by atoms with Crippen molar-refractivity contribution in [2.24, 2.45) is 28.7 Å². The third-order valence-electron chi connectivity index (χ3n) is 9.87. The van der Waals surface area contributed by atoms with Crippen LogP contribution in [0.3, 0.4) is 0 Å². The molecule has 3 aliphatic heterocycles. The van der Waals surface area contributed by atoms with Gasteiger partial charge in [-0.15, -0.1) is 0 Å². The number of aliphatic imine (C=N–C) groups is 1. The molecule has 2 aliphatic carbocycles. The maximum Gasteiger partial charge on any atom is 0.338 e. The molecule has 1 aromatic carbocycles. The number of benzene rings is 1. The Bertz CT molecular complexity index is 1420. The normalized spacial score (nSPS) is 30.5. The molecule has 11 heteroatoms. The molecule has 6 rings (SSSR count). The van der Waals surface area contributed by atoms with Crippen molar-refractivity contribution in [3.63, 3.8) is 0 Å². The molecule has 0 amide bonds. The zero-order valence-corrected chi connectivity index (χ0v) is 26.0. The van der Waals surface area contributed by atoms with Crippen LogP contribution in [0.25, 0.3) is 0 Å². The summed E-state index contributed by atoms with van der Waals surface area (Å²) in [6, 6.07) is 3.20. The second kappa shape index (κ2) is 12.3. The standard InChI is InChI=1S/C33H40N2O9/c1-38-19-7-8-20-21-9-10-35-16-18-13-27(44-32(36)17-11-25(39-2)30(41-4)26(12-17)40-3)31(42-5)28(33(37)43-6)22(18)15-24(35)29(21)34-23(20)14-19/h7-8,11-12,14,18,20,22,24,27-28,31H,9-10,13,15-16H2,1-6H3/t18-,20?,22+,24-,27-,28+,31+/m1/s1. The van der Waals surface area contributed by atoms with E-state index in [9.17, 15) is 9.59 Å². The van der Waals surface area contributed by atoms with Gasteiger partial charge in [0.2, 0.25) is 5.75 Å². The molecule has 1 aromatic rings. The quantitative estimate of drug-likeness (QED) is 0.406. The Morgan fingerprint density at radius 3 is 2.34 bits per heavy atom. The Kier molecular flexibility index (Phi) is 8.43. The summed E-state index contributed by atoms with van der Waals surface area (Å²) >= 11 is 0. The zero-order chi connectivity index (χ0) is 31.1. The van der Waals surface area contributed by atoms with Crippen LogP contribution in [0.4, 0.5) is 0 Å². The highest BCUT2D eigenvalue weighted by molar-refractivity contribution is 6.04. The number of nitrogens with zero attached hydrogens (tertiary/aromatic N) is 2. The van der Waals surface area contributed by atoms with E-state index >= 15 is 0 Å². The van der Waals surface area contributed by atoms with Gasteiger partial charge >= 0.3 is 11.9 Å². The van der Waals surface area contributed by atoms with Crippen LogP contribution in [0.2, 0.25) is 0 Å².